The molecule has 20 heavy (non-hydrogen) atoms. The van der Waals surface area contributed by atoms with Gasteiger partial charge in [0.05, 0.1) is 6.04 Å². The maximum absolute atomic E-state index is 5.89. The van der Waals surface area contributed by atoms with E-state index in [0.717, 1.165) is 23.2 Å². The van der Waals surface area contributed by atoms with Gasteiger partial charge in [0.25, 0.3) is 0 Å². The van der Waals surface area contributed by atoms with Gasteiger partial charge in [-0.1, -0.05) is 40.7 Å². The molecule has 2 nitrogen and oxygen atoms in total. The Bertz CT molecular complexity index is 599. The number of hydrogen-bond acceptors (Lipinski definition) is 2. The summed E-state index contributed by atoms with van der Waals surface area (Å²) < 4.78 is 5.77. The minimum absolute atomic E-state index is 0.0616. The minimum atomic E-state index is -0.0616. The van der Waals surface area contributed by atoms with Gasteiger partial charge < -0.3 is 10.2 Å². The van der Waals surface area contributed by atoms with E-state index in [-0.39, 0.29) is 11.5 Å². The third kappa shape index (κ3) is 3.24. The lowest BCUT2D eigenvalue weighted by atomic mass is 9.72. The van der Waals surface area contributed by atoms with E-state index in [9.17, 15) is 0 Å². The first kappa shape index (κ1) is 15.1. The number of benzene rings is 1. The first-order chi connectivity index (χ1) is 9.08. The van der Waals surface area contributed by atoms with Crippen molar-refractivity contribution in [1.29, 1.82) is 0 Å². The zero-order valence-electron chi connectivity index (χ0n) is 13.6. The van der Waals surface area contributed by atoms with E-state index in [4.69, 9.17) is 10.2 Å². The van der Waals surface area contributed by atoms with Crippen LogP contribution in [-0.4, -0.2) is 0 Å². The average Bonchev–Trinajstić information content (AvgIpc) is 2.68. The van der Waals surface area contributed by atoms with Gasteiger partial charge in [-0.25, -0.2) is 0 Å². The number of hydrogen-bond donors (Lipinski definition) is 1. The highest BCUT2D eigenvalue weighted by atomic mass is 16.3. The van der Waals surface area contributed by atoms with Gasteiger partial charge >= 0.3 is 0 Å². The van der Waals surface area contributed by atoms with Crippen LogP contribution in [0, 0.1) is 5.41 Å². The van der Waals surface area contributed by atoms with Crippen LogP contribution in [0.2, 0.25) is 0 Å². The third-order valence-electron chi connectivity index (χ3n) is 3.74. The van der Waals surface area contributed by atoms with E-state index in [1.54, 1.807) is 0 Å². The summed E-state index contributed by atoms with van der Waals surface area (Å²) in [6.07, 6.45) is 1.14. The van der Waals surface area contributed by atoms with Crippen LogP contribution in [0.1, 0.15) is 65.3 Å². The highest BCUT2D eigenvalue weighted by Crippen LogP contribution is 2.37. The molecular weight excluding hydrogens is 246 g/mol. The fraction of sp³-hybridized carbons (Fsp3) is 0.556. The van der Waals surface area contributed by atoms with Crippen LogP contribution >= 0.6 is 0 Å². The predicted molar refractivity (Wildman–Crippen MR) is 85.9 cm³/mol. The largest absolute Gasteiger partial charge is 0.459 e. The van der Waals surface area contributed by atoms with Gasteiger partial charge in [0, 0.05) is 5.39 Å². The molecule has 0 fully saturated rings. The van der Waals surface area contributed by atoms with Crippen molar-refractivity contribution in [2.75, 3.05) is 0 Å². The molecule has 0 aliphatic rings. The molecule has 0 radical (unpaired) electrons. The SMILES string of the molecule is CC(N)c1cc2cc(C(C)(C)CC(C)(C)C)ccc2o1. The molecule has 2 heteroatoms. The molecule has 0 aliphatic carbocycles. The summed E-state index contributed by atoms with van der Waals surface area (Å²) in [6, 6.07) is 8.50. The second kappa shape index (κ2) is 4.92. The van der Waals surface area contributed by atoms with Gasteiger partial charge in [0.1, 0.15) is 11.3 Å². The molecule has 1 unspecified atom stereocenters. The van der Waals surface area contributed by atoms with Gasteiger partial charge in [0.2, 0.25) is 0 Å². The minimum Gasteiger partial charge on any atom is -0.459 e. The number of fused-ring (bicyclic) bond motifs is 1. The van der Waals surface area contributed by atoms with E-state index in [0.29, 0.717) is 5.41 Å². The van der Waals surface area contributed by atoms with Crippen molar-refractivity contribution in [3.8, 4) is 0 Å². The lowest BCUT2D eigenvalue weighted by Gasteiger charge is -2.33. The molecule has 1 atom stereocenters. The normalized spacial score (nSPS) is 14.8. The fourth-order valence-corrected chi connectivity index (χ4v) is 3.14. The molecule has 0 bridgehead atoms. The number of nitrogens with two attached hydrogens (primary N) is 1. The van der Waals surface area contributed by atoms with Crippen LogP contribution in [0.5, 0.6) is 0 Å². The fourth-order valence-electron chi connectivity index (χ4n) is 3.14. The Balaban J connectivity index is 2.40. The summed E-state index contributed by atoms with van der Waals surface area (Å²) in [5.41, 5.74) is 8.64. The Hall–Kier alpha value is -1.28. The lowest BCUT2D eigenvalue weighted by molar-refractivity contribution is 0.284. The number of rotatable bonds is 3. The summed E-state index contributed by atoms with van der Waals surface area (Å²) in [7, 11) is 0. The Kier molecular flexibility index (Phi) is 3.72. The van der Waals surface area contributed by atoms with E-state index in [1.807, 2.05) is 6.92 Å². The molecule has 0 saturated heterocycles. The molecule has 0 spiro atoms. The maximum atomic E-state index is 5.89. The highest BCUT2D eigenvalue weighted by Gasteiger charge is 2.27. The average molecular weight is 273 g/mol. The molecule has 2 N–H and O–H groups in total. The van der Waals surface area contributed by atoms with Crippen molar-refractivity contribution in [3.63, 3.8) is 0 Å². The first-order valence-corrected chi connectivity index (χ1v) is 7.38. The van der Waals surface area contributed by atoms with Crippen LogP contribution in [0.3, 0.4) is 0 Å². The molecule has 0 aliphatic heterocycles. The Morgan fingerprint density at radius 3 is 2.30 bits per heavy atom. The summed E-state index contributed by atoms with van der Waals surface area (Å²) >= 11 is 0. The van der Waals surface area contributed by atoms with Crippen LogP contribution in [0.25, 0.3) is 11.0 Å². The van der Waals surface area contributed by atoms with Crippen LogP contribution in [0.4, 0.5) is 0 Å². The molecule has 1 aromatic heterocycles. The molecule has 2 rings (SSSR count). The van der Waals surface area contributed by atoms with Crippen molar-refractivity contribution >= 4 is 11.0 Å². The molecule has 0 amide bonds. The van der Waals surface area contributed by atoms with Crippen molar-refractivity contribution in [2.24, 2.45) is 11.1 Å². The molecule has 1 aromatic carbocycles. The van der Waals surface area contributed by atoms with Crippen LogP contribution in [-0.2, 0) is 5.41 Å². The number of furan rings is 1. The summed E-state index contributed by atoms with van der Waals surface area (Å²) in [6.45, 7) is 13.4. The molecule has 2 aromatic rings. The maximum Gasteiger partial charge on any atom is 0.134 e. The van der Waals surface area contributed by atoms with Crippen molar-refractivity contribution in [1.82, 2.24) is 0 Å². The van der Waals surface area contributed by atoms with Crippen LogP contribution in [0.15, 0.2) is 28.7 Å². The smallest absolute Gasteiger partial charge is 0.134 e. The quantitative estimate of drug-likeness (QED) is 0.838. The van der Waals surface area contributed by atoms with Gasteiger partial charge in [-0.05, 0) is 47.9 Å². The van der Waals surface area contributed by atoms with E-state index in [1.165, 1.54) is 5.56 Å². The van der Waals surface area contributed by atoms with Crippen molar-refractivity contribution in [2.45, 2.75) is 59.4 Å². The van der Waals surface area contributed by atoms with Gasteiger partial charge in [0.15, 0.2) is 0 Å². The third-order valence-corrected chi connectivity index (χ3v) is 3.74. The Morgan fingerprint density at radius 1 is 1.10 bits per heavy atom. The summed E-state index contributed by atoms with van der Waals surface area (Å²) in [5, 5.41) is 1.15. The lowest BCUT2D eigenvalue weighted by Crippen LogP contribution is -2.24. The molecule has 110 valence electrons. The van der Waals surface area contributed by atoms with Crippen LogP contribution < -0.4 is 5.73 Å². The molecule has 1 heterocycles. The second-order valence-corrected chi connectivity index (χ2v) is 7.81. The standard InChI is InChI=1S/C18H27NO/c1-12(19)16-10-13-9-14(7-8-15(13)20-16)18(5,6)11-17(2,3)4/h7-10,12H,11,19H2,1-6H3. The summed E-state index contributed by atoms with van der Waals surface area (Å²) in [4.78, 5) is 0. The second-order valence-electron chi connectivity index (χ2n) is 7.81. The molecular formula is C18H27NO. The topological polar surface area (TPSA) is 39.2 Å². The zero-order chi connectivity index (χ0) is 15.1. The van der Waals surface area contributed by atoms with Gasteiger partial charge in [-0.2, -0.15) is 0 Å². The Labute approximate surface area is 122 Å². The van der Waals surface area contributed by atoms with Gasteiger partial charge in [-0.3, -0.25) is 0 Å². The van der Waals surface area contributed by atoms with Gasteiger partial charge in [-0.15, -0.1) is 0 Å². The Morgan fingerprint density at radius 2 is 1.75 bits per heavy atom. The monoisotopic (exact) mass is 273 g/mol. The summed E-state index contributed by atoms with van der Waals surface area (Å²) in [5.74, 6) is 0.853. The molecule has 0 saturated carbocycles. The highest BCUT2D eigenvalue weighted by molar-refractivity contribution is 5.79. The van der Waals surface area contributed by atoms with E-state index >= 15 is 0 Å². The first-order valence-electron chi connectivity index (χ1n) is 7.38. The van der Waals surface area contributed by atoms with E-state index in [2.05, 4.69) is 58.9 Å². The van der Waals surface area contributed by atoms with Crippen molar-refractivity contribution < 1.29 is 4.42 Å². The predicted octanol–water partition coefficient (Wildman–Crippen LogP) is 5.17. The van der Waals surface area contributed by atoms with E-state index < -0.39 is 0 Å². The zero-order valence-corrected chi connectivity index (χ0v) is 13.6. The van der Waals surface area contributed by atoms with Crippen molar-refractivity contribution in [3.05, 3.63) is 35.6 Å².